The predicted molar refractivity (Wildman–Crippen MR) is 129 cm³/mol. The number of hydrogen-bond acceptors (Lipinski definition) is 5. The highest BCUT2D eigenvalue weighted by atomic mass is 35.5. The van der Waals surface area contributed by atoms with Crippen LogP contribution in [0.4, 0.5) is 10.5 Å². The number of imide groups is 1. The van der Waals surface area contributed by atoms with Crippen molar-refractivity contribution in [1.82, 2.24) is 4.90 Å². The second-order valence-corrected chi connectivity index (χ2v) is 8.76. The van der Waals surface area contributed by atoms with Crippen molar-refractivity contribution in [2.75, 3.05) is 11.5 Å². The predicted octanol–water partition coefficient (Wildman–Crippen LogP) is 4.46. The quantitative estimate of drug-likeness (QED) is 0.221. The third-order valence-corrected chi connectivity index (χ3v) is 6.76. The Labute approximate surface area is 206 Å². The number of anilines is 1. The number of Topliss-reactive ketones (excluding diaryl/α,β-unsaturated/α-hetero) is 1. The average molecular weight is 489 g/mol. The molecule has 5 rings (SSSR count). The highest BCUT2D eigenvalue weighted by Gasteiger charge is 2.79. The van der Waals surface area contributed by atoms with Crippen LogP contribution in [0.1, 0.15) is 28.8 Å². The van der Waals surface area contributed by atoms with E-state index < -0.39 is 41.2 Å². The minimum Gasteiger partial charge on any atom is -0.464 e. The molecule has 3 aromatic carbocycles. The number of ketones is 1. The molecule has 35 heavy (non-hydrogen) atoms. The molecular formula is C27H21ClN2O5. The molecule has 0 saturated carbocycles. The standard InChI is InChI=1S/C27H21ClN2O5/c1-2-35-25(33)27-21(17-9-5-3-6-10-17)22(23(31)18-13-15-19(28)16-14-18)30(27)26(34)29(24(27)32)20-11-7-4-8-12-20/h3-16,21-22H,2H2,1H3/t21-,22+,27+/m1/s1. The number of ether oxygens (including phenoxy) is 1. The number of rotatable bonds is 6. The van der Waals surface area contributed by atoms with E-state index >= 15 is 0 Å². The smallest absolute Gasteiger partial charge is 0.342 e. The Morgan fingerprint density at radius 3 is 2.11 bits per heavy atom. The van der Waals surface area contributed by atoms with Crippen LogP contribution in [-0.4, -0.2) is 46.8 Å². The molecule has 3 atom stereocenters. The first kappa shape index (κ1) is 22.8. The van der Waals surface area contributed by atoms with Crippen LogP contribution in [-0.2, 0) is 14.3 Å². The number of benzene rings is 3. The molecule has 8 heteroatoms. The SMILES string of the molecule is CCOC(=O)[C@]12C(=O)N(c3ccccc3)C(=O)N1[C@H](C(=O)c1ccc(Cl)cc1)[C@H]2c1ccccc1. The minimum absolute atomic E-state index is 0.0124. The maximum absolute atomic E-state index is 14.0. The summed E-state index contributed by atoms with van der Waals surface area (Å²) in [7, 11) is 0. The van der Waals surface area contributed by atoms with Crippen LogP contribution in [0, 0.1) is 0 Å². The summed E-state index contributed by atoms with van der Waals surface area (Å²) < 4.78 is 5.35. The van der Waals surface area contributed by atoms with Crippen molar-refractivity contribution in [3.05, 3.63) is 101 Å². The van der Waals surface area contributed by atoms with Crippen LogP contribution >= 0.6 is 11.6 Å². The van der Waals surface area contributed by atoms with Crippen molar-refractivity contribution in [2.24, 2.45) is 0 Å². The zero-order valence-corrected chi connectivity index (χ0v) is 19.5. The second-order valence-electron chi connectivity index (χ2n) is 8.32. The Kier molecular flexibility index (Phi) is 5.65. The first-order valence-electron chi connectivity index (χ1n) is 11.2. The van der Waals surface area contributed by atoms with Crippen molar-refractivity contribution >= 4 is 41.0 Å². The molecule has 0 bridgehead atoms. The van der Waals surface area contributed by atoms with E-state index in [1.54, 1.807) is 91.9 Å². The van der Waals surface area contributed by atoms with Gasteiger partial charge in [-0.3, -0.25) is 14.5 Å². The molecule has 3 amide bonds. The van der Waals surface area contributed by atoms with Crippen molar-refractivity contribution in [3.8, 4) is 0 Å². The molecule has 176 valence electrons. The molecule has 0 unspecified atom stereocenters. The van der Waals surface area contributed by atoms with E-state index in [2.05, 4.69) is 0 Å². The number of esters is 1. The Hall–Kier alpha value is -3.97. The fraction of sp³-hybridized carbons (Fsp3) is 0.185. The molecule has 2 fully saturated rings. The number of halogens is 1. The lowest BCUT2D eigenvalue weighted by Gasteiger charge is -2.55. The third-order valence-electron chi connectivity index (χ3n) is 6.51. The van der Waals surface area contributed by atoms with E-state index in [4.69, 9.17) is 16.3 Å². The summed E-state index contributed by atoms with van der Waals surface area (Å²) in [6.07, 6.45) is 0. The van der Waals surface area contributed by atoms with Crippen molar-refractivity contribution in [3.63, 3.8) is 0 Å². The van der Waals surface area contributed by atoms with Crippen LogP contribution < -0.4 is 4.90 Å². The van der Waals surface area contributed by atoms with Gasteiger partial charge in [-0.1, -0.05) is 60.1 Å². The van der Waals surface area contributed by atoms with E-state index in [-0.39, 0.29) is 6.61 Å². The van der Waals surface area contributed by atoms with Gasteiger partial charge < -0.3 is 4.74 Å². The molecule has 2 aliphatic rings. The first-order valence-corrected chi connectivity index (χ1v) is 11.6. The minimum atomic E-state index is -1.99. The number of urea groups is 1. The number of hydrogen-bond donors (Lipinski definition) is 0. The summed E-state index contributed by atoms with van der Waals surface area (Å²) in [4.78, 5) is 57.0. The summed E-state index contributed by atoms with van der Waals surface area (Å²) in [5.41, 5.74) is -0.779. The molecule has 2 aliphatic heterocycles. The molecule has 0 radical (unpaired) electrons. The van der Waals surface area contributed by atoms with Crippen molar-refractivity contribution in [2.45, 2.75) is 24.4 Å². The van der Waals surface area contributed by atoms with Gasteiger partial charge in [-0.15, -0.1) is 0 Å². The molecule has 3 aromatic rings. The van der Waals surface area contributed by atoms with Gasteiger partial charge in [0.15, 0.2) is 5.78 Å². The van der Waals surface area contributed by atoms with Crippen LogP contribution in [0.2, 0.25) is 5.02 Å². The van der Waals surface area contributed by atoms with Crippen LogP contribution in [0.3, 0.4) is 0 Å². The maximum Gasteiger partial charge on any atom is 0.342 e. The Balaban J connectivity index is 1.70. The molecule has 2 saturated heterocycles. The Morgan fingerprint density at radius 1 is 0.914 bits per heavy atom. The van der Waals surface area contributed by atoms with Gasteiger partial charge in [-0.2, -0.15) is 0 Å². The lowest BCUT2D eigenvalue weighted by Crippen LogP contribution is -2.77. The van der Waals surface area contributed by atoms with Gasteiger partial charge in [0.1, 0.15) is 6.04 Å². The van der Waals surface area contributed by atoms with Crippen molar-refractivity contribution < 1.29 is 23.9 Å². The fourth-order valence-corrected chi connectivity index (χ4v) is 5.16. The highest BCUT2D eigenvalue weighted by Crippen LogP contribution is 2.56. The van der Waals surface area contributed by atoms with Gasteiger partial charge >= 0.3 is 12.0 Å². The number of nitrogens with zero attached hydrogens (tertiary/aromatic N) is 2. The maximum atomic E-state index is 14.0. The molecule has 2 heterocycles. The first-order chi connectivity index (χ1) is 16.9. The molecule has 0 spiro atoms. The molecular weight excluding hydrogens is 468 g/mol. The van der Waals surface area contributed by atoms with Crippen LogP contribution in [0.5, 0.6) is 0 Å². The zero-order valence-electron chi connectivity index (χ0n) is 18.8. The summed E-state index contributed by atoms with van der Waals surface area (Å²) in [5.74, 6) is -2.92. The lowest BCUT2D eigenvalue weighted by molar-refractivity contribution is -0.171. The van der Waals surface area contributed by atoms with Crippen molar-refractivity contribution in [1.29, 1.82) is 0 Å². The Bertz CT molecular complexity index is 1310. The second kappa shape index (κ2) is 8.67. The molecule has 0 N–H and O–H groups in total. The molecule has 0 aromatic heterocycles. The van der Waals surface area contributed by atoms with Gasteiger partial charge in [0.05, 0.1) is 18.2 Å². The molecule has 0 aliphatic carbocycles. The van der Waals surface area contributed by atoms with E-state index in [1.165, 1.54) is 0 Å². The number of carbonyl (C=O) groups is 4. The topological polar surface area (TPSA) is 84.0 Å². The normalized spacial score (nSPS) is 23.0. The summed E-state index contributed by atoms with van der Waals surface area (Å²) in [6.45, 7) is 1.64. The van der Waals surface area contributed by atoms with E-state index in [1.807, 2.05) is 0 Å². The number of para-hydroxylation sites is 1. The van der Waals surface area contributed by atoms with Gasteiger partial charge in [-0.25, -0.2) is 14.5 Å². The van der Waals surface area contributed by atoms with Gasteiger partial charge in [0.25, 0.3) is 5.91 Å². The Morgan fingerprint density at radius 2 is 1.51 bits per heavy atom. The number of fused-ring (bicyclic) bond motifs is 1. The monoisotopic (exact) mass is 488 g/mol. The van der Waals surface area contributed by atoms with E-state index in [0.29, 0.717) is 21.8 Å². The third kappa shape index (κ3) is 3.26. The van der Waals surface area contributed by atoms with E-state index in [9.17, 15) is 19.2 Å². The molecule has 7 nitrogen and oxygen atoms in total. The lowest BCUT2D eigenvalue weighted by atomic mass is 9.63. The van der Waals surface area contributed by atoms with Crippen LogP contribution in [0.15, 0.2) is 84.9 Å². The van der Waals surface area contributed by atoms with Gasteiger partial charge in [0, 0.05) is 10.6 Å². The number of carbonyl (C=O) groups excluding carboxylic acids is 4. The van der Waals surface area contributed by atoms with Gasteiger partial charge in [-0.05, 0) is 48.9 Å². The van der Waals surface area contributed by atoms with E-state index in [0.717, 1.165) is 9.80 Å². The summed E-state index contributed by atoms with van der Waals surface area (Å²) in [6, 6.07) is 21.6. The summed E-state index contributed by atoms with van der Waals surface area (Å²) >= 11 is 6.00. The average Bonchev–Trinajstić information content (AvgIpc) is 3.04. The largest absolute Gasteiger partial charge is 0.464 e. The fourth-order valence-electron chi connectivity index (χ4n) is 5.03. The zero-order chi connectivity index (χ0) is 24.7. The van der Waals surface area contributed by atoms with Gasteiger partial charge in [0.2, 0.25) is 5.54 Å². The highest BCUT2D eigenvalue weighted by molar-refractivity contribution is 6.34. The summed E-state index contributed by atoms with van der Waals surface area (Å²) in [5, 5.41) is 0.457. The number of amides is 3. The van der Waals surface area contributed by atoms with Crippen LogP contribution in [0.25, 0.3) is 0 Å².